The zero-order chi connectivity index (χ0) is 14.6. The van der Waals surface area contributed by atoms with Crippen LogP contribution in [-0.2, 0) is 4.79 Å². The van der Waals surface area contributed by atoms with Crippen LogP contribution in [0, 0.1) is 0 Å². The first-order chi connectivity index (χ1) is 8.72. The quantitative estimate of drug-likeness (QED) is 0.787. The smallest absolute Gasteiger partial charge is 0.237 e. The van der Waals surface area contributed by atoms with Gasteiger partial charge in [0.25, 0.3) is 0 Å². The molecule has 4 N–H and O–H groups in total. The van der Waals surface area contributed by atoms with Crippen LogP contribution in [0.2, 0.25) is 0 Å². The molecule has 0 spiro atoms. The van der Waals surface area contributed by atoms with Crippen molar-refractivity contribution in [3.05, 3.63) is 29.8 Å². The van der Waals surface area contributed by atoms with Crippen LogP contribution in [0.25, 0.3) is 0 Å². The van der Waals surface area contributed by atoms with Crippen LogP contribution in [0.15, 0.2) is 29.2 Å². The topological polar surface area (TPSA) is 69.1 Å². The van der Waals surface area contributed by atoms with Gasteiger partial charge in [-0.15, -0.1) is 11.8 Å². The lowest BCUT2D eigenvalue weighted by Gasteiger charge is -2.24. The first-order valence-electron chi connectivity index (χ1n) is 6.58. The van der Waals surface area contributed by atoms with Gasteiger partial charge < -0.3 is 11.5 Å². The molecule has 0 aliphatic heterocycles. The standard InChI is InChI=1S/C15H24N2OS/c1-10(2)12-5-7-13(8-6-12)19-11(3)9-15(4,17)14(16)18/h5-8,10-11H,9,17H2,1-4H3,(H2,16,18). The number of nitrogens with two attached hydrogens (primary N) is 2. The van der Waals surface area contributed by atoms with Gasteiger partial charge in [0.2, 0.25) is 5.91 Å². The molecule has 1 amide bonds. The van der Waals surface area contributed by atoms with E-state index in [1.807, 2.05) is 0 Å². The average molecular weight is 280 g/mol. The Labute approximate surface area is 120 Å². The molecule has 4 heteroatoms. The minimum atomic E-state index is -0.940. The molecule has 1 aromatic rings. The Balaban J connectivity index is 2.62. The van der Waals surface area contributed by atoms with Crippen molar-refractivity contribution >= 4 is 17.7 Å². The molecular formula is C15H24N2OS. The Morgan fingerprint density at radius 3 is 2.21 bits per heavy atom. The van der Waals surface area contributed by atoms with Crippen molar-refractivity contribution in [2.75, 3.05) is 0 Å². The van der Waals surface area contributed by atoms with E-state index < -0.39 is 11.4 Å². The summed E-state index contributed by atoms with van der Waals surface area (Å²) in [6.07, 6.45) is 0.568. The predicted octanol–water partition coefficient (Wildman–Crippen LogP) is 2.88. The molecule has 0 bridgehead atoms. The third-order valence-electron chi connectivity index (χ3n) is 3.16. The predicted molar refractivity (Wildman–Crippen MR) is 82.3 cm³/mol. The van der Waals surface area contributed by atoms with E-state index in [9.17, 15) is 4.79 Å². The molecule has 0 saturated carbocycles. The lowest BCUT2D eigenvalue weighted by molar-refractivity contribution is -0.122. The van der Waals surface area contributed by atoms with E-state index in [4.69, 9.17) is 11.5 Å². The number of carbonyl (C=O) groups excluding carboxylic acids is 1. The molecule has 2 atom stereocenters. The highest BCUT2D eigenvalue weighted by Crippen LogP contribution is 2.29. The highest BCUT2D eigenvalue weighted by Gasteiger charge is 2.28. The minimum Gasteiger partial charge on any atom is -0.368 e. The number of benzene rings is 1. The number of hydrogen-bond acceptors (Lipinski definition) is 3. The molecule has 2 unspecified atom stereocenters. The van der Waals surface area contributed by atoms with Crippen LogP contribution in [0.4, 0.5) is 0 Å². The molecular weight excluding hydrogens is 256 g/mol. The highest BCUT2D eigenvalue weighted by molar-refractivity contribution is 7.99. The Morgan fingerprint density at radius 2 is 1.79 bits per heavy atom. The maximum atomic E-state index is 11.2. The van der Waals surface area contributed by atoms with Crippen molar-refractivity contribution in [3.8, 4) is 0 Å². The molecule has 0 aliphatic rings. The van der Waals surface area contributed by atoms with Crippen molar-refractivity contribution in [3.63, 3.8) is 0 Å². The molecule has 106 valence electrons. The van der Waals surface area contributed by atoms with Crippen molar-refractivity contribution in [1.82, 2.24) is 0 Å². The first-order valence-corrected chi connectivity index (χ1v) is 7.45. The molecule has 0 heterocycles. The molecule has 19 heavy (non-hydrogen) atoms. The largest absolute Gasteiger partial charge is 0.368 e. The van der Waals surface area contributed by atoms with E-state index in [1.165, 1.54) is 10.5 Å². The van der Waals surface area contributed by atoms with E-state index in [-0.39, 0.29) is 5.25 Å². The fourth-order valence-electron chi connectivity index (χ4n) is 1.90. The number of primary amides is 1. The fraction of sp³-hybridized carbons (Fsp3) is 0.533. The second-order valence-corrected chi connectivity index (χ2v) is 7.15. The van der Waals surface area contributed by atoms with Crippen molar-refractivity contribution < 1.29 is 4.79 Å². The lowest BCUT2D eigenvalue weighted by Crippen LogP contribution is -2.50. The van der Waals surface area contributed by atoms with E-state index >= 15 is 0 Å². The van der Waals surface area contributed by atoms with E-state index in [0.29, 0.717) is 12.3 Å². The van der Waals surface area contributed by atoms with Gasteiger partial charge in [-0.05, 0) is 37.0 Å². The summed E-state index contributed by atoms with van der Waals surface area (Å²) < 4.78 is 0. The molecule has 1 rings (SSSR count). The minimum absolute atomic E-state index is 0.243. The number of thioether (sulfide) groups is 1. The third-order valence-corrected chi connectivity index (χ3v) is 4.27. The van der Waals surface area contributed by atoms with Gasteiger partial charge >= 0.3 is 0 Å². The van der Waals surface area contributed by atoms with E-state index in [1.54, 1.807) is 18.7 Å². The Hall–Kier alpha value is -1.00. The van der Waals surface area contributed by atoms with Gasteiger partial charge in [-0.2, -0.15) is 0 Å². The van der Waals surface area contributed by atoms with Gasteiger partial charge in [0, 0.05) is 10.1 Å². The summed E-state index contributed by atoms with van der Waals surface area (Å²) in [5.74, 6) is 0.0915. The maximum Gasteiger partial charge on any atom is 0.237 e. The monoisotopic (exact) mass is 280 g/mol. The molecule has 0 aliphatic carbocycles. The molecule has 0 aromatic heterocycles. The third kappa shape index (κ3) is 4.88. The van der Waals surface area contributed by atoms with Crippen molar-refractivity contribution in [2.45, 2.75) is 55.7 Å². The van der Waals surface area contributed by atoms with E-state index in [2.05, 4.69) is 45.0 Å². The van der Waals surface area contributed by atoms with Gasteiger partial charge in [0.05, 0.1) is 5.54 Å². The molecule has 0 fully saturated rings. The first kappa shape index (κ1) is 16.1. The van der Waals surface area contributed by atoms with Gasteiger partial charge in [-0.3, -0.25) is 4.79 Å². The normalized spacial score (nSPS) is 16.1. The number of hydrogen-bond donors (Lipinski definition) is 2. The maximum absolute atomic E-state index is 11.2. The second-order valence-electron chi connectivity index (χ2n) is 5.64. The summed E-state index contributed by atoms with van der Waals surface area (Å²) in [6.45, 7) is 8.11. The number of amides is 1. The molecule has 0 saturated heterocycles. The van der Waals surface area contributed by atoms with Crippen LogP contribution >= 0.6 is 11.8 Å². The molecule has 0 radical (unpaired) electrons. The van der Waals surface area contributed by atoms with Crippen LogP contribution < -0.4 is 11.5 Å². The SMILES string of the molecule is CC(CC(C)(N)C(N)=O)Sc1ccc(C(C)C)cc1. The number of rotatable bonds is 6. The summed E-state index contributed by atoms with van der Waals surface area (Å²) in [6, 6.07) is 8.54. The summed E-state index contributed by atoms with van der Waals surface area (Å²) in [5.41, 5.74) is 11.6. The van der Waals surface area contributed by atoms with Crippen molar-refractivity contribution in [2.24, 2.45) is 11.5 Å². The van der Waals surface area contributed by atoms with Gasteiger partial charge in [-0.1, -0.05) is 32.9 Å². The number of carbonyl (C=O) groups is 1. The van der Waals surface area contributed by atoms with E-state index in [0.717, 1.165) is 0 Å². The zero-order valence-corrected chi connectivity index (χ0v) is 13.0. The van der Waals surface area contributed by atoms with Crippen LogP contribution in [0.5, 0.6) is 0 Å². The van der Waals surface area contributed by atoms with Crippen LogP contribution in [-0.4, -0.2) is 16.7 Å². The molecule has 1 aromatic carbocycles. The van der Waals surface area contributed by atoms with Crippen molar-refractivity contribution in [1.29, 1.82) is 0 Å². The van der Waals surface area contributed by atoms with Gasteiger partial charge in [0.1, 0.15) is 0 Å². The second kappa shape index (κ2) is 6.44. The van der Waals surface area contributed by atoms with Crippen LogP contribution in [0.3, 0.4) is 0 Å². The summed E-state index contributed by atoms with van der Waals surface area (Å²) in [4.78, 5) is 12.4. The molecule has 3 nitrogen and oxygen atoms in total. The van der Waals surface area contributed by atoms with Gasteiger partial charge in [0.15, 0.2) is 0 Å². The Kier molecular flexibility index (Phi) is 5.44. The lowest BCUT2D eigenvalue weighted by atomic mass is 9.97. The average Bonchev–Trinajstić information content (AvgIpc) is 2.28. The summed E-state index contributed by atoms with van der Waals surface area (Å²) in [7, 11) is 0. The van der Waals surface area contributed by atoms with Crippen LogP contribution in [0.1, 0.15) is 45.6 Å². The highest BCUT2D eigenvalue weighted by atomic mass is 32.2. The summed E-state index contributed by atoms with van der Waals surface area (Å²) >= 11 is 1.72. The Bertz CT molecular complexity index is 426. The fourth-order valence-corrected chi connectivity index (χ4v) is 3.09. The zero-order valence-electron chi connectivity index (χ0n) is 12.1. The summed E-state index contributed by atoms with van der Waals surface area (Å²) in [5, 5.41) is 0.243. The Morgan fingerprint density at radius 1 is 1.26 bits per heavy atom. The van der Waals surface area contributed by atoms with Gasteiger partial charge in [-0.25, -0.2) is 0 Å².